The number of hydrogen-bond donors (Lipinski definition) is 3. The van der Waals surface area contributed by atoms with E-state index < -0.39 is 25.1 Å². The Kier molecular flexibility index (Phi) is 5.13. The first-order chi connectivity index (χ1) is 13.1. The van der Waals surface area contributed by atoms with E-state index in [1.165, 1.54) is 42.5 Å². The summed E-state index contributed by atoms with van der Waals surface area (Å²) < 4.78 is 71.1. The average Bonchev–Trinajstić information content (AvgIpc) is 2.60. The predicted molar refractivity (Wildman–Crippen MR) is 102 cm³/mol. The number of nitrogens with two attached hydrogens (primary N) is 1. The molecule has 3 aromatic carbocycles. The second kappa shape index (κ2) is 7.24. The molecule has 146 valence electrons. The summed E-state index contributed by atoms with van der Waals surface area (Å²) in [6.45, 7) is 0. The molecule has 0 radical (unpaired) electrons. The second-order valence-corrected chi connectivity index (χ2v) is 8.60. The molecule has 0 saturated carbocycles. The highest BCUT2D eigenvalue weighted by Crippen LogP contribution is 2.39. The van der Waals surface area contributed by atoms with Gasteiger partial charge >= 0.3 is 0 Å². The van der Waals surface area contributed by atoms with E-state index in [2.05, 4.69) is 0 Å². The van der Waals surface area contributed by atoms with Gasteiger partial charge in [-0.15, -0.1) is 0 Å². The van der Waals surface area contributed by atoms with E-state index in [0.717, 1.165) is 12.1 Å². The summed E-state index contributed by atoms with van der Waals surface area (Å²) in [6, 6.07) is 15.4. The topological polar surface area (TPSA) is 144 Å². The van der Waals surface area contributed by atoms with Gasteiger partial charge in [0.1, 0.15) is 10.6 Å². The Morgan fingerprint density at radius 3 is 2.11 bits per heavy atom. The third-order valence-electron chi connectivity index (χ3n) is 3.78. The van der Waals surface area contributed by atoms with E-state index in [1.54, 1.807) is 12.1 Å². The van der Waals surface area contributed by atoms with Crippen molar-refractivity contribution in [2.75, 3.05) is 5.73 Å². The maximum Gasteiger partial charge on any atom is 0.298 e. The minimum Gasteiger partial charge on any atom is -0.455 e. The molecule has 0 aliphatic carbocycles. The predicted octanol–water partition coefficient (Wildman–Crippen LogP) is 3.22. The van der Waals surface area contributed by atoms with Gasteiger partial charge in [0, 0.05) is 17.3 Å². The Bertz CT molecular complexity index is 1250. The van der Waals surface area contributed by atoms with Crippen LogP contribution in [0.1, 0.15) is 0 Å². The standard InChI is InChI=1S/C18H15NO7S2/c19-13-5-2-6-14(11-13)26-18-16(8-3-9-17(18)28(23,24)25)12-4-1-7-15(10-12)27(20,21)22/h1-11H,19H2,(H,20,21,22)(H,23,24,25). The molecule has 0 saturated heterocycles. The lowest BCUT2D eigenvalue weighted by molar-refractivity contribution is 0.451. The summed E-state index contributed by atoms with van der Waals surface area (Å²) in [5.41, 5.74) is 6.52. The largest absolute Gasteiger partial charge is 0.455 e. The fraction of sp³-hybridized carbons (Fsp3) is 0. The highest BCUT2D eigenvalue weighted by molar-refractivity contribution is 7.86. The fourth-order valence-electron chi connectivity index (χ4n) is 2.57. The van der Waals surface area contributed by atoms with E-state index in [1.807, 2.05) is 0 Å². The van der Waals surface area contributed by atoms with Gasteiger partial charge in [0.15, 0.2) is 5.75 Å². The summed E-state index contributed by atoms with van der Waals surface area (Å²) in [7, 11) is -9.13. The number of nitrogen functional groups attached to an aromatic ring is 1. The molecule has 0 bridgehead atoms. The Morgan fingerprint density at radius 1 is 0.786 bits per heavy atom. The summed E-state index contributed by atoms with van der Waals surface area (Å²) in [6.07, 6.45) is 0. The zero-order valence-electron chi connectivity index (χ0n) is 14.2. The van der Waals surface area contributed by atoms with Gasteiger partial charge < -0.3 is 10.5 Å². The molecule has 0 amide bonds. The zero-order chi connectivity index (χ0) is 20.5. The van der Waals surface area contributed by atoms with E-state index in [0.29, 0.717) is 5.69 Å². The van der Waals surface area contributed by atoms with Gasteiger partial charge in [-0.25, -0.2) is 0 Å². The molecule has 3 rings (SSSR count). The van der Waals surface area contributed by atoms with Crippen molar-refractivity contribution in [2.45, 2.75) is 9.79 Å². The molecule has 0 heterocycles. The van der Waals surface area contributed by atoms with Crippen molar-refractivity contribution in [3.8, 4) is 22.6 Å². The Morgan fingerprint density at radius 2 is 1.46 bits per heavy atom. The molecule has 0 aliphatic rings. The van der Waals surface area contributed by atoms with Crippen LogP contribution < -0.4 is 10.5 Å². The second-order valence-electron chi connectivity index (χ2n) is 5.79. The number of para-hydroxylation sites is 1. The van der Waals surface area contributed by atoms with Crippen molar-refractivity contribution in [1.29, 1.82) is 0 Å². The molecule has 0 atom stereocenters. The van der Waals surface area contributed by atoms with Gasteiger partial charge in [0.25, 0.3) is 20.2 Å². The maximum atomic E-state index is 11.8. The average molecular weight is 421 g/mol. The van der Waals surface area contributed by atoms with Crippen molar-refractivity contribution in [1.82, 2.24) is 0 Å². The van der Waals surface area contributed by atoms with Crippen LogP contribution >= 0.6 is 0 Å². The van der Waals surface area contributed by atoms with E-state index in [9.17, 15) is 25.9 Å². The molecule has 0 unspecified atom stereocenters. The van der Waals surface area contributed by atoms with Crippen LogP contribution in [0.15, 0.2) is 76.5 Å². The molecule has 3 aromatic rings. The highest BCUT2D eigenvalue weighted by Gasteiger charge is 2.22. The first-order valence-electron chi connectivity index (χ1n) is 7.77. The zero-order valence-corrected chi connectivity index (χ0v) is 15.8. The molecule has 0 aromatic heterocycles. The van der Waals surface area contributed by atoms with Crippen molar-refractivity contribution in [3.63, 3.8) is 0 Å². The quantitative estimate of drug-likeness (QED) is 0.421. The number of rotatable bonds is 5. The van der Waals surface area contributed by atoms with Crippen LogP contribution in [-0.4, -0.2) is 25.9 Å². The number of ether oxygens (including phenoxy) is 1. The van der Waals surface area contributed by atoms with E-state index in [4.69, 9.17) is 10.5 Å². The number of benzene rings is 3. The molecule has 4 N–H and O–H groups in total. The summed E-state index contributed by atoms with van der Waals surface area (Å²) in [4.78, 5) is -0.887. The minimum atomic E-state index is -4.66. The smallest absolute Gasteiger partial charge is 0.298 e. The van der Waals surface area contributed by atoms with Crippen molar-refractivity contribution in [2.24, 2.45) is 0 Å². The van der Waals surface area contributed by atoms with E-state index in [-0.39, 0.29) is 27.5 Å². The Hall–Kier alpha value is -2.92. The van der Waals surface area contributed by atoms with Gasteiger partial charge in [-0.2, -0.15) is 16.8 Å². The van der Waals surface area contributed by atoms with Crippen LogP contribution in [0.4, 0.5) is 5.69 Å². The minimum absolute atomic E-state index is 0.183. The van der Waals surface area contributed by atoms with Gasteiger partial charge in [0.05, 0.1) is 4.90 Å². The van der Waals surface area contributed by atoms with Gasteiger partial charge in [-0.1, -0.05) is 30.3 Å². The molecule has 0 aliphatic heterocycles. The van der Waals surface area contributed by atoms with Gasteiger partial charge in [0.2, 0.25) is 0 Å². The lowest BCUT2D eigenvalue weighted by atomic mass is 10.0. The molecular formula is C18H15NO7S2. The first-order valence-corrected chi connectivity index (χ1v) is 10.7. The third-order valence-corrected chi connectivity index (χ3v) is 5.50. The molecule has 0 fully saturated rings. The Balaban J connectivity index is 2.25. The molecule has 28 heavy (non-hydrogen) atoms. The van der Waals surface area contributed by atoms with Crippen molar-refractivity contribution >= 4 is 25.9 Å². The monoisotopic (exact) mass is 421 g/mol. The van der Waals surface area contributed by atoms with Crippen molar-refractivity contribution in [3.05, 3.63) is 66.7 Å². The summed E-state index contributed by atoms with van der Waals surface area (Å²) >= 11 is 0. The number of hydrogen-bond acceptors (Lipinski definition) is 6. The molecule has 10 heteroatoms. The van der Waals surface area contributed by atoms with Crippen LogP contribution in [-0.2, 0) is 20.2 Å². The van der Waals surface area contributed by atoms with Crippen LogP contribution in [0, 0.1) is 0 Å². The Labute approximate surface area is 161 Å². The van der Waals surface area contributed by atoms with Crippen LogP contribution in [0.5, 0.6) is 11.5 Å². The third kappa shape index (κ3) is 4.31. The lowest BCUT2D eigenvalue weighted by Crippen LogP contribution is -2.03. The first kappa shape index (κ1) is 19.8. The van der Waals surface area contributed by atoms with Gasteiger partial charge in [-0.05, 0) is 35.9 Å². The summed E-state index contributed by atoms with van der Waals surface area (Å²) in [5, 5.41) is 0. The molecule has 0 spiro atoms. The molecular weight excluding hydrogens is 406 g/mol. The van der Waals surface area contributed by atoms with Crippen LogP contribution in [0.25, 0.3) is 11.1 Å². The normalized spacial score (nSPS) is 11.9. The van der Waals surface area contributed by atoms with Crippen molar-refractivity contribution < 1.29 is 30.7 Å². The number of anilines is 1. The SMILES string of the molecule is Nc1cccc(Oc2c(-c3cccc(S(=O)(=O)O)c3)cccc2S(=O)(=O)O)c1. The lowest BCUT2D eigenvalue weighted by Gasteiger charge is -2.15. The molecule has 8 nitrogen and oxygen atoms in total. The van der Waals surface area contributed by atoms with E-state index >= 15 is 0 Å². The van der Waals surface area contributed by atoms with Gasteiger partial charge in [-0.3, -0.25) is 9.11 Å². The van der Waals surface area contributed by atoms with Crippen LogP contribution in [0.2, 0.25) is 0 Å². The highest BCUT2D eigenvalue weighted by atomic mass is 32.2. The fourth-order valence-corrected chi connectivity index (χ4v) is 3.73. The summed E-state index contributed by atoms with van der Waals surface area (Å²) in [5.74, 6) is -0.00799. The van der Waals surface area contributed by atoms with Crippen LogP contribution in [0.3, 0.4) is 0 Å². The maximum absolute atomic E-state index is 11.8.